The first-order valence-corrected chi connectivity index (χ1v) is 9.06. The van der Waals surface area contributed by atoms with Crippen LogP contribution in [0.1, 0.15) is 32.8 Å². The van der Waals surface area contributed by atoms with E-state index in [2.05, 4.69) is 59.3 Å². The summed E-state index contributed by atoms with van der Waals surface area (Å²) >= 11 is 1.72. The van der Waals surface area contributed by atoms with Crippen LogP contribution >= 0.6 is 11.8 Å². The number of methoxy groups -OCH3 is 1. The van der Waals surface area contributed by atoms with Crippen molar-refractivity contribution in [2.24, 2.45) is 0 Å². The summed E-state index contributed by atoms with van der Waals surface area (Å²) < 4.78 is 7.18. The van der Waals surface area contributed by atoms with E-state index in [4.69, 9.17) is 4.74 Å². The van der Waals surface area contributed by atoms with Gasteiger partial charge in [-0.15, -0.1) is 0 Å². The molecule has 0 N–H and O–H groups in total. The topological polar surface area (TPSA) is 30.2 Å². The largest absolute Gasteiger partial charge is 0.465 e. The maximum atomic E-state index is 12.2. The maximum Gasteiger partial charge on any atom is 0.345 e. The van der Waals surface area contributed by atoms with Gasteiger partial charge in [-0.05, 0) is 23.4 Å². The van der Waals surface area contributed by atoms with Crippen LogP contribution < -0.4 is 4.57 Å². The minimum Gasteiger partial charge on any atom is -0.465 e. The predicted molar refractivity (Wildman–Crippen MR) is 97.6 cm³/mol. The Bertz CT molecular complexity index is 896. The number of carbonyl (C=O) groups excluding carboxylic acids is 1. The Hall–Kier alpha value is -2.59. The van der Waals surface area contributed by atoms with E-state index in [9.17, 15) is 4.79 Å². The average Bonchev–Trinajstić information content (AvgIpc) is 3.08. The fourth-order valence-corrected chi connectivity index (χ4v) is 4.85. The Labute approximate surface area is 151 Å². The highest BCUT2D eigenvalue weighted by Crippen LogP contribution is 2.49. The number of carbonyl (C=O) groups is 1. The number of pyridine rings is 1. The smallest absolute Gasteiger partial charge is 0.345 e. The first-order chi connectivity index (χ1) is 12.3. The molecule has 2 atom stereocenters. The first-order valence-electron chi connectivity index (χ1n) is 8.18. The summed E-state index contributed by atoms with van der Waals surface area (Å²) in [7, 11) is 1.43. The van der Waals surface area contributed by atoms with E-state index >= 15 is 0 Å². The van der Waals surface area contributed by atoms with Crippen molar-refractivity contribution in [1.82, 2.24) is 0 Å². The second-order valence-electron chi connectivity index (χ2n) is 5.93. The molecule has 0 bridgehead atoms. The number of fused-ring (bicyclic) bond motifs is 1. The second kappa shape index (κ2) is 6.73. The van der Waals surface area contributed by atoms with Gasteiger partial charge in [-0.3, -0.25) is 0 Å². The van der Waals surface area contributed by atoms with Crippen LogP contribution in [0.4, 0.5) is 0 Å². The Balaban J connectivity index is 1.88. The minimum atomic E-state index is -0.294. The third-order valence-electron chi connectivity index (χ3n) is 4.47. The predicted octanol–water partition coefficient (Wildman–Crippen LogP) is 4.20. The average molecular weight is 348 g/mol. The van der Waals surface area contributed by atoms with Crippen LogP contribution in [0.15, 0.2) is 84.0 Å². The van der Waals surface area contributed by atoms with E-state index < -0.39 is 0 Å². The molecule has 25 heavy (non-hydrogen) atoms. The highest BCUT2D eigenvalue weighted by molar-refractivity contribution is 7.99. The number of thioether (sulfide) groups is 1. The zero-order chi connectivity index (χ0) is 17.2. The molecule has 0 radical (unpaired) electrons. The fourth-order valence-electron chi connectivity index (χ4n) is 3.33. The van der Waals surface area contributed by atoms with Crippen molar-refractivity contribution in [3.8, 4) is 0 Å². The van der Waals surface area contributed by atoms with Gasteiger partial charge in [-0.1, -0.05) is 60.7 Å². The molecule has 4 rings (SSSR count). The molecule has 0 fully saturated rings. The number of nitrogens with zero attached hydrogens (tertiary/aromatic N) is 1. The van der Waals surface area contributed by atoms with Crippen LogP contribution in [-0.2, 0) is 4.74 Å². The molecular weight excluding hydrogens is 330 g/mol. The van der Waals surface area contributed by atoms with Gasteiger partial charge in [0.05, 0.1) is 7.11 Å². The molecule has 0 amide bonds. The van der Waals surface area contributed by atoms with Gasteiger partial charge in [-0.2, -0.15) is 4.57 Å². The molecule has 0 unspecified atom stereocenters. The lowest BCUT2D eigenvalue weighted by Gasteiger charge is -2.15. The van der Waals surface area contributed by atoms with Crippen molar-refractivity contribution >= 4 is 17.7 Å². The quantitative estimate of drug-likeness (QED) is 0.525. The number of benzene rings is 2. The molecule has 2 heterocycles. The van der Waals surface area contributed by atoms with Crippen LogP contribution in [0.5, 0.6) is 0 Å². The van der Waals surface area contributed by atoms with Crippen LogP contribution in [0.3, 0.4) is 0 Å². The summed E-state index contributed by atoms with van der Waals surface area (Å²) in [6.07, 6.45) is 2.05. The second-order valence-corrected chi connectivity index (χ2v) is 7.06. The minimum absolute atomic E-state index is 0.133. The highest BCUT2D eigenvalue weighted by atomic mass is 32.2. The van der Waals surface area contributed by atoms with Crippen molar-refractivity contribution in [3.05, 3.63) is 95.7 Å². The summed E-state index contributed by atoms with van der Waals surface area (Å²) in [5.41, 5.74) is 3.10. The van der Waals surface area contributed by atoms with Crippen LogP contribution in [-0.4, -0.2) is 13.1 Å². The van der Waals surface area contributed by atoms with Gasteiger partial charge in [0.15, 0.2) is 6.20 Å². The zero-order valence-corrected chi connectivity index (χ0v) is 14.6. The van der Waals surface area contributed by atoms with Gasteiger partial charge in [0.1, 0.15) is 10.8 Å². The van der Waals surface area contributed by atoms with Crippen molar-refractivity contribution < 1.29 is 14.1 Å². The van der Waals surface area contributed by atoms with E-state index in [1.807, 2.05) is 24.3 Å². The van der Waals surface area contributed by atoms with Gasteiger partial charge in [0.2, 0.25) is 6.04 Å². The fraction of sp³-hybridized carbons (Fsp3) is 0.143. The SMILES string of the molecule is COC(=O)c1ccc[n+]2c1S[C@@H](c1ccccc1)[C@H]2c1ccccc1. The van der Waals surface area contributed by atoms with Crippen molar-refractivity contribution in [2.45, 2.75) is 16.3 Å². The van der Waals surface area contributed by atoms with Crippen molar-refractivity contribution in [2.75, 3.05) is 7.11 Å². The lowest BCUT2D eigenvalue weighted by Crippen LogP contribution is -2.40. The summed E-state index contributed by atoms with van der Waals surface area (Å²) in [5, 5.41) is 1.16. The third-order valence-corrected chi connectivity index (χ3v) is 5.91. The first kappa shape index (κ1) is 15.9. The number of aromatic nitrogens is 1. The van der Waals surface area contributed by atoms with E-state index in [0.717, 1.165) is 5.03 Å². The van der Waals surface area contributed by atoms with E-state index in [1.54, 1.807) is 11.8 Å². The van der Waals surface area contributed by atoms with E-state index in [0.29, 0.717) is 5.56 Å². The monoisotopic (exact) mass is 348 g/mol. The summed E-state index contributed by atoms with van der Waals surface area (Å²) in [5.74, 6) is -0.294. The number of hydrogen-bond acceptors (Lipinski definition) is 3. The Morgan fingerprint density at radius 1 is 0.920 bits per heavy atom. The van der Waals surface area contributed by atoms with Crippen LogP contribution in [0.2, 0.25) is 0 Å². The Kier molecular flexibility index (Phi) is 4.28. The number of rotatable bonds is 3. The molecule has 0 saturated heterocycles. The number of esters is 1. The zero-order valence-electron chi connectivity index (χ0n) is 13.8. The molecule has 3 aromatic rings. The summed E-state index contributed by atoms with van der Waals surface area (Å²) in [6, 6.07) is 24.8. The van der Waals surface area contributed by atoms with E-state index in [1.165, 1.54) is 18.2 Å². The Morgan fingerprint density at radius 2 is 1.56 bits per heavy atom. The molecule has 0 spiro atoms. The molecule has 2 aromatic carbocycles. The van der Waals surface area contributed by atoms with Gasteiger partial charge < -0.3 is 4.74 Å². The standard InChI is InChI=1S/C21H18NO2S/c1-24-21(23)17-13-8-14-22-18(15-9-4-2-5-10-15)19(25-20(17)22)16-11-6-3-7-12-16/h2-14,18-19H,1H3/q+1/t18-,19+/m1/s1. The molecule has 0 aliphatic carbocycles. The molecule has 3 nitrogen and oxygen atoms in total. The molecular formula is C21H18NO2S+. The van der Waals surface area contributed by atoms with Gasteiger partial charge >= 0.3 is 5.97 Å². The molecule has 1 aliphatic rings. The normalized spacial score (nSPS) is 18.6. The van der Waals surface area contributed by atoms with Gasteiger partial charge in [0, 0.05) is 11.6 Å². The van der Waals surface area contributed by atoms with Crippen molar-refractivity contribution in [3.63, 3.8) is 0 Å². The lowest BCUT2D eigenvalue weighted by atomic mass is 9.98. The Morgan fingerprint density at radius 3 is 2.20 bits per heavy atom. The van der Waals surface area contributed by atoms with Crippen molar-refractivity contribution in [1.29, 1.82) is 0 Å². The maximum absolute atomic E-state index is 12.2. The molecule has 1 aromatic heterocycles. The van der Waals surface area contributed by atoms with E-state index in [-0.39, 0.29) is 17.3 Å². The molecule has 4 heteroatoms. The summed E-state index contributed by atoms with van der Waals surface area (Å²) in [4.78, 5) is 12.2. The third kappa shape index (κ3) is 2.83. The van der Waals surface area contributed by atoms with Gasteiger partial charge in [-0.25, -0.2) is 4.79 Å². The van der Waals surface area contributed by atoms with Crippen LogP contribution in [0.25, 0.3) is 0 Å². The molecule has 124 valence electrons. The number of ether oxygens (including phenoxy) is 1. The molecule has 0 saturated carbocycles. The number of hydrogen-bond donors (Lipinski definition) is 0. The lowest BCUT2D eigenvalue weighted by molar-refractivity contribution is -0.742. The van der Waals surface area contributed by atoms with Crippen LogP contribution in [0, 0.1) is 0 Å². The summed E-state index contributed by atoms with van der Waals surface area (Å²) in [6.45, 7) is 0. The van der Waals surface area contributed by atoms with Gasteiger partial charge in [0.25, 0.3) is 5.03 Å². The molecule has 1 aliphatic heterocycles. The highest BCUT2D eigenvalue weighted by Gasteiger charge is 2.45.